The van der Waals surface area contributed by atoms with Crippen LogP contribution >= 0.6 is 11.6 Å². The molecule has 14 heteroatoms. The summed E-state index contributed by atoms with van der Waals surface area (Å²) in [5.74, 6) is -2.68. The van der Waals surface area contributed by atoms with Crippen molar-refractivity contribution in [2.75, 3.05) is 6.61 Å². The molecule has 0 N–H and O–H groups in total. The number of nitrogens with zero attached hydrogens (tertiary/aromatic N) is 2. The third-order valence-electron chi connectivity index (χ3n) is 4.10. The molecule has 0 amide bonds. The molecule has 188 valence electrons. The van der Waals surface area contributed by atoms with E-state index in [1.54, 1.807) is 6.92 Å². The molecule has 0 aliphatic heterocycles. The van der Waals surface area contributed by atoms with Crippen LogP contribution in [0.2, 0.25) is 5.02 Å². The van der Waals surface area contributed by atoms with E-state index in [2.05, 4.69) is 9.99 Å². The van der Waals surface area contributed by atoms with Crippen molar-refractivity contribution < 1.29 is 46.7 Å². The molecule has 0 aliphatic rings. The van der Waals surface area contributed by atoms with Crippen LogP contribution in [0.3, 0.4) is 0 Å². The summed E-state index contributed by atoms with van der Waals surface area (Å²) in [6, 6.07) is 5.26. The van der Waals surface area contributed by atoms with Gasteiger partial charge in [0, 0.05) is 19.1 Å². The van der Waals surface area contributed by atoms with E-state index in [0.717, 1.165) is 37.3 Å². The van der Waals surface area contributed by atoms with Crippen molar-refractivity contribution in [3.05, 3.63) is 62.7 Å². The molecule has 2 aromatic rings. The first-order chi connectivity index (χ1) is 16.3. The molecule has 0 heterocycles. The number of ether oxygens (including phenoxy) is 3. The topological polar surface area (TPSA) is 127 Å². The number of alkyl halides is 3. The van der Waals surface area contributed by atoms with Gasteiger partial charge in [0.25, 0.3) is 5.69 Å². The molecule has 0 bridgehead atoms. The molecule has 0 aromatic heterocycles. The second-order valence-electron chi connectivity index (χ2n) is 6.68. The summed E-state index contributed by atoms with van der Waals surface area (Å²) in [7, 11) is 0. The highest BCUT2D eigenvalue weighted by Gasteiger charge is 2.31. The molecule has 2 rings (SSSR count). The summed E-state index contributed by atoms with van der Waals surface area (Å²) in [4.78, 5) is 39.6. The van der Waals surface area contributed by atoms with Gasteiger partial charge in [-0.2, -0.15) is 13.2 Å². The minimum absolute atomic E-state index is 0.0433. The summed E-state index contributed by atoms with van der Waals surface area (Å²) in [6.45, 7) is 4.53. The van der Waals surface area contributed by atoms with Crippen LogP contribution in [-0.4, -0.2) is 35.5 Å². The second-order valence-corrected chi connectivity index (χ2v) is 7.09. The van der Waals surface area contributed by atoms with Crippen molar-refractivity contribution in [2.24, 2.45) is 5.16 Å². The zero-order valence-corrected chi connectivity index (χ0v) is 19.2. The van der Waals surface area contributed by atoms with E-state index in [-0.39, 0.29) is 29.0 Å². The number of nitro benzene ring substituents is 1. The van der Waals surface area contributed by atoms with Crippen molar-refractivity contribution in [2.45, 2.75) is 33.1 Å². The molecule has 0 saturated carbocycles. The molecular formula is C21H18ClF3N2O8. The molecule has 0 spiro atoms. The van der Waals surface area contributed by atoms with E-state index in [0.29, 0.717) is 6.07 Å². The first kappa shape index (κ1) is 27.4. The predicted molar refractivity (Wildman–Crippen MR) is 115 cm³/mol. The fraction of sp³-hybridized carbons (Fsp3) is 0.286. The van der Waals surface area contributed by atoms with Gasteiger partial charge in [0.05, 0.1) is 22.1 Å². The van der Waals surface area contributed by atoms with Crippen molar-refractivity contribution in [1.29, 1.82) is 0 Å². The lowest BCUT2D eigenvalue weighted by molar-refractivity contribution is -0.385. The number of hydrogen-bond donors (Lipinski definition) is 0. The minimum Gasteiger partial charge on any atom is -0.479 e. The zero-order valence-electron chi connectivity index (χ0n) is 18.4. The van der Waals surface area contributed by atoms with Crippen LogP contribution in [0.15, 0.2) is 41.6 Å². The lowest BCUT2D eigenvalue weighted by Gasteiger charge is -2.13. The van der Waals surface area contributed by atoms with Gasteiger partial charge in [-0.1, -0.05) is 11.6 Å². The molecular weight excluding hydrogens is 501 g/mol. The van der Waals surface area contributed by atoms with E-state index in [1.807, 2.05) is 0 Å². The van der Waals surface area contributed by atoms with Gasteiger partial charge in [-0.25, -0.2) is 9.59 Å². The lowest BCUT2D eigenvalue weighted by Crippen LogP contribution is -2.26. The van der Waals surface area contributed by atoms with Gasteiger partial charge in [-0.05, 0) is 43.3 Å². The number of rotatable bonds is 8. The highest BCUT2D eigenvalue weighted by atomic mass is 35.5. The van der Waals surface area contributed by atoms with Crippen LogP contribution in [-0.2, 0) is 25.3 Å². The number of carbonyl (C=O) groups excluding carboxylic acids is 2. The van der Waals surface area contributed by atoms with E-state index in [1.165, 1.54) is 6.92 Å². The molecule has 1 atom stereocenters. The number of hydrogen-bond acceptors (Lipinski definition) is 9. The van der Waals surface area contributed by atoms with Crippen molar-refractivity contribution in [3.63, 3.8) is 0 Å². The number of benzene rings is 2. The Hall–Kier alpha value is -3.87. The zero-order chi connectivity index (χ0) is 26.3. The van der Waals surface area contributed by atoms with Crippen LogP contribution in [0.5, 0.6) is 11.5 Å². The summed E-state index contributed by atoms with van der Waals surface area (Å²) in [6.07, 6.45) is -6.13. The number of nitro groups is 1. The minimum atomic E-state index is -4.63. The maximum Gasteiger partial charge on any atom is 0.416 e. The third-order valence-corrected chi connectivity index (χ3v) is 4.40. The van der Waals surface area contributed by atoms with Crippen molar-refractivity contribution >= 4 is 35.1 Å². The fourth-order valence-corrected chi connectivity index (χ4v) is 2.70. The molecule has 0 saturated heterocycles. The molecule has 0 aliphatic carbocycles. The monoisotopic (exact) mass is 518 g/mol. The summed E-state index contributed by atoms with van der Waals surface area (Å²) < 4.78 is 53.7. The van der Waals surface area contributed by atoms with Gasteiger partial charge in [-0.3, -0.25) is 10.1 Å². The Morgan fingerprint density at radius 3 is 2.46 bits per heavy atom. The van der Waals surface area contributed by atoms with Gasteiger partial charge < -0.3 is 19.0 Å². The standard InChI is InChI=1S/C21H18ClF3N2O8/c1-4-32-12(3)26-35-19(28)11(2)33-20(29)15-10-14(6-7-17(15)27(30)31)34-18-8-5-13(9-16(18)22)21(23,24)25/h5-11H,4H2,1-3H3. The molecule has 2 aromatic carbocycles. The van der Waals surface area contributed by atoms with Gasteiger partial charge in [0.2, 0.25) is 5.90 Å². The molecule has 0 fully saturated rings. The van der Waals surface area contributed by atoms with Gasteiger partial charge in [0.15, 0.2) is 6.10 Å². The Kier molecular flexibility index (Phi) is 9.00. The predicted octanol–water partition coefficient (Wildman–Crippen LogP) is 5.52. The molecule has 0 radical (unpaired) electrons. The smallest absolute Gasteiger partial charge is 0.416 e. The Morgan fingerprint density at radius 1 is 1.20 bits per heavy atom. The van der Waals surface area contributed by atoms with Gasteiger partial charge in [-0.15, -0.1) is 0 Å². The Morgan fingerprint density at radius 2 is 1.89 bits per heavy atom. The fourth-order valence-electron chi connectivity index (χ4n) is 2.48. The van der Waals surface area contributed by atoms with Gasteiger partial charge >= 0.3 is 18.1 Å². The second kappa shape index (κ2) is 11.5. The van der Waals surface area contributed by atoms with E-state index < -0.39 is 46.0 Å². The average molecular weight is 519 g/mol. The first-order valence-corrected chi connectivity index (χ1v) is 10.1. The Bertz CT molecular complexity index is 1150. The van der Waals surface area contributed by atoms with Crippen LogP contribution in [0.1, 0.15) is 36.7 Å². The summed E-state index contributed by atoms with van der Waals surface area (Å²) in [5, 5.41) is 14.4. The van der Waals surface area contributed by atoms with E-state index >= 15 is 0 Å². The quantitative estimate of drug-likeness (QED) is 0.112. The van der Waals surface area contributed by atoms with Crippen molar-refractivity contribution in [3.8, 4) is 11.5 Å². The SMILES string of the molecule is CCOC(C)=NOC(=O)C(C)OC(=O)c1cc(Oc2ccc(C(F)(F)F)cc2Cl)ccc1[N+](=O)[O-]. The van der Waals surface area contributed by atoms with Gasteiger partial charge in [0.1, 0.15) is 17.1 Å². The number of carbonyl (C=O) groups is 2. The van der Waals surface area contributed by atoms with Crippen LogP contribution < -0.4 is 4.74 Å². The maximum absolute atomic E-state index is 12.8. The normalized spacial score (nSPS) is 12.5. The molecule has 35 heavy (non-hydrogen) atoms. The third kappa shape index (κ3) is 7.57. The summed E-state index contributed by atoms with van der Waals surface area (Å²) >= 11 is 5.85. The summed E-state index contributed by atoms with van der Waals surface area (Å²) in [5.41, 5.74) is -2.28. The van der Waals surface area contributed by atoms with E-state index in [9.17, 15) is 32.9 Å². The van der Waals surface area contributed by atoms with Crippen molar-refractivity contribution in [1.82, 2.24) is 0 Å². The van der Waals surface area contributed by atoms with Crippen LogP contribution in [0.4, 0.5) is 18.9 Å². The first-order valence-electron chi connectivity index (χ1n) is 9.75. The number of oxime groups is 1. The lowest BCUT2D eigenvalue weighted by atomic mass is 10.1. The number of esters is 1. The highest BCUT2D eigenvalue weighted by molar-refractivity contribution is 6.32. The largest absolute Gasteiger partial charge is 0.479 e. The Balaban J connectivity index is 2.24. The maximum atomic E-state index is 12.8. The van der Waals surface area contributed by atoms with Crippen LogP contribution in [0, 0.1) is 10.1 Å². The number of halogens is 4. The van der Waals surface area contributed by atoms with Crippen LogP contribution in [0.25, 0.3) is 0 Å². The molecule has 10 nitrogen and oxygen atoms in total. The average Bonchev–Trinajstić information content (AvgIpc) is 2.78. The Labute approximate surface area is 201 Å². The highest BCUT2D eigenvalue weighted by Crippen LogP contribution is 2.37. The van der Waals surface area contributed by atoms with E-state index in [4.69, 9.17) is 25.8 Å². The molecule has 1 unspecified atom stereocenters.